The summed E-state index contributed by atoms with van der Waals surface area (Å²) in [7, 11) is 0. The minimum Gasteiger partial charge on any atom is -1.00 e. The Morgan fingerprint density at radius 2 is 1.29 bits per heavy atom. The number of halogens is 1. The van der Waals surface area contributed by atoms with Gasteiger partial charge in [-0.2, -0.15) is 10.1 Å². The fourth-order valence-electron chi connectivity index (χ4n) is 4.93. The Bertz CT molecular complexity index is 1520. The molecular formula is C30H32BrN7. The molecule has 1 aromatic heterocycles. The van der Waals surface area contributed by atoms with Gasteiger partial charge in [0.15, 0.2) is 0 Å². The first-order valence-corrected chi connectivity index (χ1v) is 12.7. The van der Waals surface area contributed by atoms with Crippen LogP contribution in [-0.2, 0) is 13.1 Å². The maximum Gasteiger partial charge on any atom is 0.388 e. The van der Waals surface area contributed by atoms with E-state index < -0.39 is 0 Å². The molecule has 3 heterocycles. The molecule has 0 saturated heterocycles. The molecule has 0 aliphatic carbocycles. The zero-order valence-electron chi connectivity index (χ0n) is 22.4. The third kappa shape index (κ3) is 4.65. The van der Waals surface area contributed by atoms with Crippen molar-refractivity contribution < 1.29 is 21.5 Å². The Morgan fingerprint density at radius 3 is 1.89 bits per heavy atom. The summed E-state index contributed by atoms with van der Waals surface area (Å²) in [6.07, 6.45) is -0.223. The zero-order chi connectivity index (χ0) is 25.7. The first-order chi connectivity index (χ1) is 17.9. The van der Waals surface area contributed by atoms with Crippen LogP contribution < -0.4 is 21.5 Å². The first-order valence-electron chi connectivity index (χ1n) is 12.7. The number of benzene rings is 3. The second-order valence-electron chi connectivity index (χ2n) is 10.1. The summed E-state index contributed by atoms with van der Waals surface area (Å²) in [6, 6.07) is 26.0. The fraction of sp³-hybridized carbons (Fsp3) is 0.267. The largest absolute Gasteiger partial charge is 1.00 e. The molecule has 4 aromatic rings. The van der Waals surface area contributed by atoms with E-state index in [9.17, 15) is 0 Å². The van der Waals surface area contributed by atoms with Gasteiger partial charge in [-0.05, 0) is 43.9 Å². The normalized spacial score (nSPS) is 16.0. The van der Waals surface area contributed by atoms with Gasteiger partial charge >= 0.3 is 5.95 Å². The Hall–Kier alpha value is -3.78. The van der Waals surface area contributed by atoms with Gasteiger partial charge in [-0.1, -0.05) is 99.2 Å². The summed E-state index contributed by atoms with van der Waals surface area (Å²) in [5.74, 6) is 3.50. The fourth-order valence-corrected chi connectivity index (χ4v) is 4.93. The van der Waals surface area contributed by atoms with Crippen molar-refractivity contribution in [3.8, 4) is 0 Å². The molecule has 1 atom stereocenters. The molecule has 1 unspecified atom stereocenters. The molecule has 2 aliphatic rings. The van der Waals surface area contributed by atoms with E-state index in [1.165, 1.54) is 27.8 Å². The molecule has 2 aliphatic heterocycles. The van der Waals surface area contributed by atoms with Gasteiger partial charge in [0.2, 0.25) is 12.0 Å². The number of hydrogen-bond donors (Lipinski definition) is 0. The van der Waals surface area contributed by atoms with Gasteiger partial charge in [0.1, 0.15) is 5.84 Å². The average molecular weight is 571 g/mol. The van der Waals surface area contributed by atoms with Crippen LogP contribution >= 0.6 is 0 Å². The second kappa shape index (κ2) is 10.2. The third-order valence-corrected chi connectivity index (χ3v) is 7.14. The molecule has 194 valence electrons. The molecule has 0 N–H and O–H groups in total. The molecule has 0 fully saturated rings. The smallest absolute Gasteiger partial charge is 0.388 e. The van der Waals surface area contributed by atoms with Crippen molar-refractivity contribution in [2.45, 2.75) is 53.9 Å². The van der Waals surface area contributed by atoms with Crippen LogP contribution in [0.4, 0.5) is 5.95 Å². The Kier molecular flexibility index (Phi) is 6.92. The molecule has 0 bridgehead atoms. The topological polar surface area (TPSA) is 52.9 Å². The molecule has 0 amide bonds. The highest BCUT2D eigenvalue weighted by Gasteiger charge is 2.46. The van der Waals surface area contributed by atoms with Crippen molar-refractivity contribution in [1.29, 1.82) is 0 Å². The lowest BCUT2D eigenvalue weighted by atomic mass is 10.1. The van der Waals surface area contributed by atoms with E-state index in [2.05, 4.69) is 117 Å². The van der Waals surface area contributed by atoms with Crippen LogP contribution in [0.3, 0.4) is 0 Å². The second-order valence-corrected chi connectivity index (χ2v) is 10.1. The number of rotatable bonds is 5. The standard InChI is InChI=1S/C30H32N7.BrH/c1-20-6-12-25(13-7-20)18-34-23(4)32-36-28(27-16-10-22(3)11-17-27)37-30(31-29(34)36)35(24(5)33-37)19-26-14-8-21(2)9-15-26;/h6-17,28H,18-19H2,1-5H3;1H/q+1;/p-1. The summed E-state index contributed by atoms with van der Waals surface area (Å²) in [5.41, 5.74) is 7.30. The highest BCUT2D eigenvalue weighted by atomic mass is 79.9. The summed E-state index contributed by atoms with van der Waals surface area (Å²) < 4.78 is 4.22. The number of amidine groups is 1. The average Bonchev–Trinajstić information content (AvgIpc) is 3.36. The van der Waals surface area contributed by atoms with Crippen LogP contribution in [0.15, 0.2) is 82.9 Å². The maximum absolute atomic E-state index is 5.20. The van der Waals surface area contributed by atoms with Gasteiger partial charge in [-0.25, -0.2) is 4.57 Å². The number of aryl methyl sites for hydroxylation is 4. The highest BCUT2D eigenvalue weighted by Crippen LogP contribution is 2.35. The lowest BCUT2D eigenvalue weighted by Gasteiger charge is -2.28. The van der Waals surface area contributed by atoms with E-state index >= 15 is 0 Å². The van der Waals surface area contributed by atoms with E-state index in [1.54, 1.807) is 0 Å². The van der Waals surface area contributed by atoms with Crippen LogP contribution in [0.2, 0.25) is 0 Å². The van der Waals surface area contributed by atoms with E-state index in [1.807, 2.05) is 9.69 Å². The SMILES string of the molecule is CC1=NN2C(=Nc3n(nc(C)[n+]3Cc3ccc(C)cc3)C2c2ccc(C)cc2)N1Cc1ccc(C)cc1.[Br-]. The number of nitrogens with zero attached hydrogens (tertiary/aromatic N) is 7. The Morgan fingerprint density at radius 1 is 0.737 bits per heavy atom. The lowest BCUT2D eigenvalue weighted by molar-refractivity contribution is -0.682. The minimum atomic E-state index is -0.223. The molecule has 0 radical (unpaired) electrons. The number of guanidine groups is 1. The first kappa shape index (κ1) is 25.9. The molecule has 0 spiro atoms. The summed E-state index contributed by atoms with van der Waals surface area (Å²) in [5, 5.41) is 12.0. The Balaban J connectivity index is 0.00000294. The van der Waals surface area contributed by atoms with E-state index in [4.69, 9.17) is 15.2 Å². The summed E-state index contributed by atoms with van der Waals surface area (Å²) in [6.45, 7) is 11.8. The monoisotopic (exact) mass is 569 g/mol. The van der Waals surface area contributed by atoms with Crippen molar-refractivity contribution in [1.82, 2.24) is 19.7 Å². The van der Waals surface area contributed by atoms with Crippen LogP contribution in [0.25, 0.3) is 0 Å². The maximum atomic E-state index is 5.20. The van der Waals surface area contributed by atoms with E-state index in [0.717, 1.165) is 29.1 Å². The number of aromatic nitrogens is 3. The zero-order valence-corrected chi connectivity index (χ0v) is 24.0. The van der Waals surface area contributed by atoms with E-state index in [-0.39, 0.29) is 23.1 Å². The van der Waals surface area contributed by atoms with Gasteiger partial charge in [-0.3, -0.25) is 4.90 Å². The molecular weight excluding hydrogens is 538 g/mol. The van der Waals surface area contributed by atoms with Crippen molar-refractivity contribution in [3.05, 3.63) is 112 Å². The van der Waals surface area contributed by atoms with Gasteiger partial charge in [0, 0.05) is 12.5 Å². The molecule has 0 saturated carbocycles. The number of hydrogen-bond acceptors (Lipinski definition) is 5. The van der Waals surface area contributed by atoms with Crippen LogP contribution in [-0.4, -0.2) is 31.5 Å². The van der Waals surface area contributed by atoms with Crippen LogP contribution in [0.5, 0.6) is 0 Å². The van der Waals surface area contributed by atoms with Crippen molar-refractivity contribution in [2.24, 2.45) is 10.1 Å². The minimum absolute atomic E-state index is 0. The predicted octanol–water partition coefficient (Wildman–Crippen LogP) is 2.16. The number of aliphatic imine (C=N–C) groups is 1. The van der Waals surface area contributed by atoms with Gasteiger partial charge < -0.3 is 17.0 Å². The summed E-state index contributed by atoms with van der Waals surface area (Å²) >= 11 is 0. The number of fused-ring (bicyclic) bond motifs is 2. The highest BCUT2D eigenvalue weighted by molar-refractivity contribution is 6.03. The molecule has 6 rings (SSSR count). The number of hydrazone groups is 1. The van der Waals surface area contributed by atoms with Crippen molar-refractivity contribution >= 4 is 17.7 Å². The van der Waals surface area contributed by atoms with Gasteiger partial charge in [0.25, 0.3) is 5.96 Å². The molecule has 8 heteroatoms. The van der Waals surface area contributed by atoms with Crippen LogP contribution in [0.1, 0.15) is 52.3 Å². The molecule has 7 nitrogen and oxygen atoms in total. The third-order valence-electron chi connectivity index (χ3n) is 7.14. The molecule has 38 heavy (non-hydrogen) atoms. The lowest BCUT2D eigenvalue weighted by Crippen LogP contribution is -3.00. The quantitative estimate of drug-likeness (QED) is 0.346. The van der Waals surface area contributed by atoms with Gasteiger partial charge in [0.05, 0.1) is 13.1 Å². The molecule has 3 aromatic carbocycles. The van der Waals surface area contributed by atoms with Crippen LogP contribution in [0, 0.1) is 27.7 Å². The van der Waals surface area contributed by atoms with Crippen molar-refractivity contribution in [2.75, 3.05) is 0 Å². The van der Waals surface area contributed by atoms with E-state index in [0.29, 0.717) is 13.1 Å². The summed E-state index contributed by atoms with van der Waals surface area (Å²) in [4.78, 5) is 7.40. The predicted molar refractivity (Wildman–Crippen MR) is 146 cm³/mol. The van der Waals surface area contributed by atoms with Gasteiger partial charge in [-0.15, -0.1) is 0 Å². The van der Waals surface area contributed by atoms with Crippen molar-refractivity contribution in [3.63, 3.8) is 0 Å². The Labute approximate surface area is 234 Å².